The van der Waals surface area contributed by atoms with Crippen LogP contribution in [-0.4, -0.2) is 34.8 Å². The number of nitrogens with zero attached hydrogens (tertiary/aromatic N) is 3. The molecule has 0 amide bonds. The number of carbonyl (C=O) groups is 1. The number of fused-ring (bicyclic) bond motifs is 1. The van der Waals surface area contributed by atoms with E-state index in [9.17, 15) is 9.59 Å². The Labute approximate surface area is 175 Å². The van der Waals surface area contributed by atoms with Crippen LogP contribution >= 0.6 is 11.3 Å². The summed E-state index contributed by atoms with van der Waals surface area (Å²) < 4.78 is 17.6. The molecule has 0 N–H and O–H groups in total. The average Bonchev–Trinajstić information content (AvgIpc) is 3.27. The van der Waals surface area contributed by atoms with E-state index in [1.165, 1.54) is 22.8 Å². The number of ether oxygens (including phenoxy) is 3. The smallest absolute Gasteiger partial charge is 0.308 e. The first-order valence-corrected chi connectivity index (χ1v) is 9.73. The molecule has 0 aliphatic carbocycles. The van der Waals surface area contributed by atoms with Gasteiger partial charge in [-0.05, 0) is 24.3 Å². The molecule has 8 nitrogen and oxygen atoms in total. The van der Waals surface area contributed by atoms with E-state index in [2.05, 4.69) is 10.1 Å². The highest BCUT2D eigenvalue weighted by atomic mass is 32.1. The zero-order valence-corrected chi connectivity index (χ0v) is 17.2. The molecule has 30 heavy (non-hydrogen) atoms. The van der Waals surface area contributed by atoms with Gasteiger partial charge >= 0.3 is 5.97 Å². The maximum absolute atomic E-state index is 12.9. The fourth-order valence-corrected chi connectivity index (χ4v) is 3.91. The predicted molar refractivity (Wildman–Crippen MR) is 112 cm³/mol. The molecule has 0 unspecified atom stereocenters. The third-order valence-corrected chi connectivity index (χ3v) is 5.24. The second-order valence-corrected chi connectivity index (χ2v) is 7.23. The average molecular weight is 423 g/mol. The summed E-state index contributed by atoms with van der Waals surface area (Å²) in [6.07, 6.45) is 1.72. The number of methoxy groups -OCH3 is 2. The first-order valence-electron chi connectivity index (χ1n) is 8.92. The van der Waals surface area contributed by atoms with Crippen LogP contribution < -0.4 is 24.3 Å². The minimum Gasteiger partial charge on any atom is -0.493 e. The van der Waals surface area contributed by atoms with Gasteiger partial charge in [-0.1, -0.05) is 35.6 Å². The van der Waals surface area contributed by atoms with E-state index in [4.69, 9.17) is 14.2 Å². The summed E-state index contributed by atoms with van der Waals surface area (Å²) in [5.74, 6) is 1.30. The second kappa shape index (κ2) is 7.96. The highest BCUT2D eigenvalue weighted by molar-refractivity contribution is 7.15. The molecule has 0 spiro atoms. The highest BCUT2D eigenvalue weighted by Crippen LogP contribution is 2.31. The standard InChI is InChI=1S/C21H17N3O5S/c1-12(25)29-15-9-5-4-8-14(15)19-22-21-24(23-19)20(26)17(30-21)11-13-7-6-10-16(27-2)18(13)28-3/h4-11H,1-3H3. The third-order valence-electron chi connectivity index (χ3n) is 4.28. The largest absolute Gasteiger partial charge is 0.493 e. The van der Waals surface area contributed by atoms with Gasteiger partial charge in [-0.3, -0.25) is 9.59 Å². The van der Waals surface area contributed by atoms with Gasteiger partial charge in [0.25, 0.3) is 5.56 Å². The summed E-state index contributed by atoms with van der Waals surface area (Å²) in [5.41, 5.74) is 0.936. The zero-order chi connectivity index (χ0) is 21.3. The minimum atomic E-state index is -0.447. The molecule has 0 bridgehead atoms. The molecule has 152 valence electrons. The Morgan fingerprint density at radius 3 is 2.53 bits per heavy atom. The first-order chi connectivity index (χ1) is 14.5. The molecular formula is C21H17N3O5S. The van der Waals surface area contributed by atoms with E-state index in [1.807, 2.05) is 12.1 Å². The number of benzene rings is 2. The molecule has 0 fully saturated rings. The highest BCUT2D eigenvalue weighted by Gasteiger charge is 2.16. The van der Waals surface area contributed by atoms with Crippen molar-refractivity contribution in [3.63, 3.8) is 0 Å². The lowest BCUT2D eigenvalue weighted by molar-refractivity contribution is -0.131. The maximum Gasteiger partial charge on any atom is 0.308 e. The van der Waals surface area contributed by atoms with Crippen LogP contribution in [0.25, 0.3) is 22.4 Å². The van der Waals surface area contributed by atoms with E-state index >= 15 is 0 Å². The Hall–Kier alpha value is -3.72. The number of hydrogen-bond donors (Lipinski definition) is 0. The van der Waals surface area contributed by atoms with Crippen molar-refractivity contribution in [2.45, 2.75) is 6.92 Å². The predicted octanol–water partition coefficient (Wildman–Crippen LogP) is 2.31. The lowest BCUT2D eigenvalue weighted by atomic mass is 10.2. The first kappa shape index (κ1) is 19.6. The fourth-order valence-electron chi connectivity index (χ4n) is 3.01. The van der Waals surface area contributed by atoms with Crippen LogP contribution in [0.4, 0.5) is 0 Å². The Balaban J connectivity index is 1.81. The van der Waals surface area contributed by atoms with Gasteiger partial charge in [0.2, 0.25) is 4.96 Å². The van der Waals surface area contributed by atoms with Gasteiger partial charge in [-0.25, -0.2) is 0 Å². The lowest BCUT2D eigenvalue weighted by Crippen LogP contribution is -2.23. The van der Waals surface area contributed by atoms with Crippen molar-refractivity contribution in [2.75, 3.05) is 14.2 Å². The Kier molecular flexibility index (Phi) is 5.20. The normalized spacial score (nSPS) is 11.6. The number of hydrogen-bond acceptors (Lipinski definition) is 8. The van der Waals surface area contributed by atoms with Crippen molar-refractivity contribution in [3.05, 3.63) is 62.9 Å². The van der Waals surface area contributed by atoms with Crippen LogP contribution in [0.5, 0.6) is 17.2 Å². The molecule has 4 rings (SSSR count). The van der Waals surface area contributed by atoms with Crippen LogP contribution in [0, 0.1) is 0 Å². The Morgan fingerprint density at radius 2 is 1.83 bits per heavy atom. The number of aromatic nitrogens is 3. The van der Waals surface area contributed by atoms with Crippen molar-refractivity contribution < 1.29 is 19.0 Å². The van der Waals surface area contributed by atoms with Gasteiger partial charge in [0.05, 0.1) is 24.3 Å². The summed E-state index contributed by atoms with van der Waals surface area (Å²) in [6.45, 7) is 1.32. The SMILES string of the molecule is COc1cccc(C=c2sc3nc(-c4ccccc4OC(C)=O)nn3c2=O)c1OC. The van der Waals surface area contributed by atoms with Gasteiger partial charge < -0.3 is 14.2 Å². The van der Waals surface area contributed by atoms with Crippen molar-refractivity contribution in [3.8, 4) is 28.6 Å². The maximum atomic E-state index is 12.9. The van der Waals surface area contributed by atoms with Gasteiger partial charge in [0, 0.05) is 12.5 Å². The van der Waals surface area contributed by atoms with Gasteiger partial charge in [-0.15, -0.1) is 5.10 Å². The van der Waals surface area contributed by atoms with E-state index in [0.717, 1.165) is 0 Å². The number of esters is 1. The minimum absolute atomic E-state index is 0.302. The van der Waals surface area contributed by atoms with E-state index in [1.54, 1.807) is 50.6 Å². The van der Waals surface area contributed by atoms with Crippen molar-refractivity contribution in [1.29, 1.82) is 0 Å². The molecule has 2 heterocycles. The van der Waals surface area contributed by atoms with E-state index in [0.29, 0.717) is 43.7 Å². The van der Waals surface area contributed by atoms with Crippen LogP contribution in [-0.2, 0) is 4.79 Å². The number of carbonyl (C=O) groups excluding carboxylic acids is 1. The summed E-state index contributed by atoms with van der Waals surface area (Å²) >= 11 is 1.20. The topological polar surface area (TPSA) is 92.0 Å². The zero-order valence-electron chi connectivity index (χ0n) is 16.4. The van der Waals surface area contributed by atoms with Crippen molar-refractivity contribution in [2.24, 2.45) is 0 Å². The van der Waals surface area contributed by atoms with Crippen LogP contribution in [0.15, 0.2) is 47.3 Å². The summed E-state index contributed by atoms with van der Waals surface area (Å²) in [7, 11) is 3.10. The second-order valence-electron chi connectivity index (χ2n) is 6.22. The van der Waals surface area contributed by atoms with Gasteiger partial charge in [-0.2, -0.15) is 9.50 Å². The van der Waals surface area contributed by atoms with Crippen molar-refractivity contribution >= 4 is 28.3 Å². The molecule has 9 heteroatoms. The molecule has 0 aliphatic heterocycles. The monoisotopic (exact) mass is 423 g/mol. The number of para-hydroxylation sites is 2. The molecule has 0 saturated carbocycles. The molecule has 0 atom stereocenters. The summed E-state index contributed by atoms with van der Waals surface area (Å²) in [5, 5.41) is 4.33. The van der Waals surface area contributed by atoms with Crippen LogP contribution in [0.1, 0.15) is 12.5 Å². The van der Waals surface area contributed by atoms with Crippen LogP contribution in [0.3, 0.4) is 0 Å². The quantitative estimate of drug-likeness (QED) is 0.359. The van der Waals surface area contributed by atoms with Gasteiger partial charge in [0.15, 0.2) is 17.3 Å². The van der Waals surface area contributed by atoms with Crippen LogP contribution in [0.2, 0.25) is 0 Å². The molecule has 0 aliphatic rings. The third kappa shape index (κ3) is 3.50. The molecule has 2 aromatic heterocycles. The molecule has 4 aromatic rings. The Morgan fingerprint density at radius 1 is 1.07 bits per heavy atom. The number of rotatable bonds is 5. The van der Waals surface area contributed by atoms with Gasteiger partial charge in [0.1, 0.15) is 5.75 Å². The summed E-state index contributed by atoms with van der Waals surface area (Å²) in [6, 6.07) is 12.3. The molecular weight excluding hydrogens is 406 g/mol. The molecule has 0 radical (unpaired) electrons. The fraction of sp³-hybridized carbons (Fsp3) is 0.143. The lowest BCUT2D eigenvalue weighted by Gasteiger charge is -2.09. The van der Waals surface area contributed by atoms with E-state index < -0.39 is 5.97 Å². The molecule has 0 saturated heterocycles. The summed E-state index contributed by atoms with van der Waals surface area (Å²) in [4.78, 5) is 29.1. The Bertz CT molecular complexity index is 1360. The number of thiazole rings is 1. The van der Waals surface area contributed by atoms with Crippen molar-refractivity contribution in [1.82, 2.24) is 14.6 Å². The van der Waals surface area contributed by atoms with E-state index in [-0.39, 0.29) is 5.56 Å². The molecule has 2 aromatic carbocycles.